The summed E-state index contributed by atoms with van der Waals surface area (Å²) in [5, 5.41) is 4.36. The second-order valence-corrected chi connectivity index (χ2v) is 10.5. The number of hydrogen-bond acceptors (Lipinski definition) is 5. The number of fused-ring (bicyclic) bond motifs is 1. The number of likely N-dealkylation sites (tertiary alicyclic amines) is 1. The van der Waals surface area contributed by atoms with Gasteiger partial charge in [-0.1, -0.05) is 0 Å². The number of aromatic nitrogens is 4. The molecule has 0 radical (unpaired) electrons. The third-order valence-corrected chi connectivity index (χ3v) is 7.93. The molecule has 1 saturated heterocycles. The van der Waals surface area contributed by atoms with Gasteiger partial charge in [0.2, 0.25) is 11.7 Å². The van der Waals surface area contributed by atoms with Crippen molar-refractivity contribution in [2.75, 3.05) is 20.2 Å². The fourth-order valence-corrected chi connectivity index (χ4v) is 5.82. The summed E-state index contributed by atoms with van der Waals surface area (Å²) >= 11 is 0. The molecule has 10 heteroatoms. The van der Waals surface area contributed by atoms with E-state index >= 15 is 0 Å². The minimum atomic E-state index is -2.47. The Labute approximate surface area is 207 Å². The summed E-state index contributed by atoms with van der Waals surface area (Å²) in [6.07, 6.45) is 9.22. The molecule has 3 aromatic rings. The van der Waals surface area contributed by atoms with E-state index in [1.165, 1.54) is 17.9 Å². The zero-order chi connectivity index (χ0) is 25.4. The summed E-state index contributed by atoms with van der Waals surface area (Å²) in [6.45, 7) is 4.16. The minimum absolute atomic E-state index is 0.0273. The Kier molecular flexibility index (Phi) is 6.72. The first kappa shape index (κ1) is 24.7. The quantitative estimate of drug-likeness (QED) is 0.558. The van der Waals surface area contributed by atoms with Crippen molar-refractivity contribution in [2.24, 2.45) is 11.8 Å². The van der Waals surface area contributed by atoms with Gasteiger partial charge in [-0.3, -0.25) is 14.3 Å². The van der Waals surface area contributed by atoms with Crippen molar-refractivity contribution in [3.8, 4) is 11.4 Å². The lowest BCUT2D eigenvalue weighted by Gasteiger charge is -2.41. The molecule has 0 spiro atoms. The number of piperidine rings is 1. The molecule has 0 unspecified atom stereocenters. The average Bonchev–Trinajstić information content (AvgIpc) is 3.25. The molecule has 0 amide bonds. The molecule has 0 aromatic carbocycles. The smallest absolute Gasteiger partial charge is 0.333 e. The van der Waals surface area contributed by atoms with E-state index in [2.05, 4.69) is 28.0 Å². The Morgan fingerprint density at radius 3 is 2.69 bits per heavy atom. The maximum Gasteiger partial charge on any atom is 0.333 e. The highest BCUT2D eigenvalue weighted by Gasteiger charge is 2.36. The number of pyridine rings is 1. The SMILES string of the molecule is COc1cn(-c2cnn3ccc(C[C@@H]4CCN(CC5CCC(F)(F)CC5)[C@@H](C)C4)cc23)c(=O)[nH]c1=O. The van der Waals surface area contributed by atoms with Crippen molar-refractivity contribution < 1.29 is 13.5 Å². The fraction of sp³-hybridized carbons (Fsp3) is 0.577. The number of rotatable bonds is 6. The van der Waals surface area contributed by atoms with E-state index in [9.17, 15) is 18.4 Å². The first-order chi connectivity index (χ1) is 17.2. The zero-order valence-electron chi connectivity index (χ0n) is 20.8. The molecule has 3 aromatic heterocycles. The van der Waals surface area contributed by atoms with Crippen LogP contribution in [0.25, 0.3) is 11.2 Å². The molecule has 5 rings (SSSR count). The van der Waals surface area contributed by atoms with Gasteiger partial charge in [-0.05, 0) is 75.1 Å². The lowest BCUT2D eigenvalue weighted by atomic mass is 9.83. The number of ether oxygens (including phenoxy) is 1. The molecular weight excluding hydrogens is 468 g/mol. The summed E-state index contributed by atoms with van der Waals surface area (Å²) in [4.78, 5) is 29.1. The minimum Gasteiger partial charge on any atom is -0.490 e. The summed E-state index contributed by atoms with van der Waals surface area (Å²) < 4.78 is 35.1. The van der Waals surface area contributed by atoms with Gasteiger partial charge in [0.1, 0.15) is 0 Å². The number of hydrogen-bond donors (Lipinski definition) is 1. The molecule has 8 nitrogen and oxygen atoms in total. The normalized spacial score (nSPS) is 23.2. The van der Waals surface area contributed by atoms with Crippen LogP contribution in [-0.2, 0) is 6.42 Å². The van der Waals surface area contributed by atoms with Crippen molar-refractivity contribution in [3.05, 3.63) is 57.1 Å². The van der Waals surface area contributed by atoms with Crippen LogP contribution in [0.5, 0.6) is 5.75 Å². The number of halogens is 2. The molecule has 194 valence electrons. The van der Waals surface area contributed by atoms with Crippen molar-refractivity contribution in [1.82, 2.24) is 24.1 Å². The molecule has 36 heavy (non-hydrogen) atoms. The van der Waals surface area contributed by atoms with Crippen LogP contribution in [0, 0.1) is 11.8 Å². The highest BCUT2D eigenvalue weighted by molar-refractivity contribution is 5.64. The Morgan fingerprint density at radius 1 is 1.19 bits per heavy atom. The van der Waals surface area contributed by atoms with Crippen LogP contribution in [0.2, 0.25) is 0 Å². The van der Waals surface area contributed by atoms with Crippen LogP contribution in [0.4, 0.5) is 8.78 Å². The molecule has 1 aliphatic heterocycles. The number of methoxy groups -OCH3 is 1. The van der Waals surface area contributed by atoms with Crippen LogP contribution in [0.15, 0.2) is 40.3 Å². The van der Waals surface area contributed by atoms with E-state index in [1.54, 1.807) is 10.7 Å². The predicted molar refractivity (Wildman–Crippen MR) is 132 cm³/mol. The Bertz CT molecular complexity index is 1340. The molecule has 1 saturated carbocycles. The lowest BCUT2D eigenvalue weighted by molar-refractivity contribution is -0.0512. The topological polar surface area (TPSA) is 84.6 Å². The van der Waals surface area contributed by atoms with Gasteiger partial charge in [-0.25, -0.2) is 18.1 Å². The molecule has 1 aliphatic carbocycles. The van der Waals surface area contributed by atoms with Crippen molar-refractivity contribution >= 4 is 5.52 Å². The lowest BCUT2D eigenvalue weighted by Crippen LogP contribution is -2.44. The first-order valence-electron chi connectivity index (χ1n) is 12.7. The Hall–Kier alpha value is -3.01. The number of aromatic amines is 1. The van der Waals surface area contributed by atoms with Gasteiger partial charge < -0.3 is 9.64 Å². The van der Waals surface area contributed by atoms with E-state index < -0.39 is 17.2 Å². The van der Waals surface area contributed by atoms with E-state index in [0.29, 0.717) is 36.4 Å². The molecule has 4 heterocycles. The van der Waals surface area contributed by atoms with Gasteiger partial charge in [0.15, 0.2) is 0 Å². The van der Waals surface area contributed by atoms with Crippen LogP contribution >= 0.6 is 0 Å². The Morgan fingerprint density at radius 2 is 1.97 bits per heavy atom. The first-order valence-corrected chi connectivity index (χ1v) is 12.7. The second-order valence-electron chi connectivity index (χ2n) is 10.5. The second kappa shape index (κ2) is 9.80. The highest BCUT2D eigenvalue weighted by atomic mass is 19.3. The maximum absolute atomic E-state index is 13.5. The number of nitrogens with one attached hydrogen (secondary N) is 1. The van der Waals surface area contributed by atoms with Crippen LogP contribution in [0.1, 0.15) is 51.0 Å². The summed E-state index contributed by atoms with van der Waals surface area (Å²) in [5.41, 5.74) is 1.37. The van der Waals surface area contributed by atoms with Gasteiger partial charge in [0.25, 0.3) is 5.56 Å². The molecular formula is C26H33F2N5O3. The predicted octanol–water partition coefficient (Wildman–Crippen LogP) is 3.65. The van der Waals surface area contributed by atoms with Gasteiger partial charge in [-0.2, -0.15) is 5.10 Å². The largest absolute Gasteiger partial charge is 0.490 e. The maximum atomic E-state index is 13.5. The average molecular weight is 502 g/mol. The number of alkyl halides is 2. The molecule has 2 fully saturated rings. The van der Waals surface area contributed by atoms with Crippen LogP contribution in [-0.4, -0.2) is 56.2 Å². The number of H-pyrrole nitrogens is 1. The summed E-state index contributed by atoms with van der Waals surface area (Å²) in [5.74, 6) is -1.52. The van der Waals surface area contributed by atoms with E-state index in [1.807, 2.05) is 12.3 Å². The van der Waals surface area contributed by atoms with Gasteiger partial charge in [-0.15, -0.1) is 0 Å². The Balaban J connectivity index is 1.27. The zero-order valence-corrected chi connectivity index (χ0v) is 20.8. The standard InChI is InChI=1S/C26H33F2N5O3/c1-17-11-19(5-9-31(17)15-18-3-7-26(27,28)8-4-18)12-20-6-10-33-21(13-20)22(14-29-33)32-16-23(36-2)24(34)30-25(32)35/h6,10,13-14,16-19H,3-5,7-9,11-12,15H2,1-2H3,(H,30,34,35)/t17-,19+/m0/s1. The monoisotopic (exact) mass is 501 g/mol. The van der Waals surface area contributed by atoms with E-state index in [-0.39, 0.29) is 18.6 Å². The van der Waals surface area contributed by atoms with Crippen LogP contribution in [0.3, 0.4) is 0 Å². The molecule has 2 aliphatic rings. The molecule has 0 bridgehead atoms. The van der Waals surface area contributed by atoms with Gasteiger partial charge in [0, 0.05) is 31.6 Å². The van der Waals surface area contributed by atoms with Crippen molar-refractivity contribution in [3.63, 3.8) is 0 Å². The van der Waals surface area contributed by atoms with Gasteiger partial charge >= 0.3 is 5.69 Å². The third kappa shape index (κ3) is 5.09. The molecule has 2 atom stereocenters. The summed E-state index contributed by atoms with van der Waals surface area (Å²) in [7, 11) is 1.38. The van der Waals surface area contributed by atoms with Crippen molar-refractivity contribution in [2.45, 2.75) is 63.8 Å². The highest BCUT2D eigenvalue weighted by Crippen LogP contribution is 2.37. The third-order valence-electron chi connectivity index (χ3n) is 7.93. The van der Waals surface area contributed by atoms with Crippen LogP contribution < -0.4 is 16.0 Å². The summed E-state index contributed by atoms with van der Waals surface area (Å²) in [6, 6.07) is 4.53. The number of nitrogens with zero attached hydrogens (tertiary/aromatic N) is 4. The molecule has 1 N–H and O–H groups in total. The van der Waals surface area contributed by atoms with Crippen molar-refractivity contribution in [1.29, 1.82) is 0 Å². The van der Waals surface area contributed by atoms with E-state index in [0.717, 1.165) is 43.4 Å². The van der Waals surface area contributed by atoms with Gasteiger partial charge in [0.05, 0.1) is 30.7 Å². The van der Waals surface area contributed by atoms with E-state index in [4.69, 9.17) is 4.74 Å². The fourth-order valence-electron chi connectivity index (χ4n) is 5.82.